The zero-order valence-electron chi connectivity index (χ0n) is 11.4. The van der Waals surface area contributed by atoms with Gasteiger partial charge in [-0.2, -0.15) is 0 Å². The Morgan fingerprint density at radius 3 is 2.67 bits per heavy atom. The van der Waals surface area contributed by atoms with Gasteiger partial charge in [0.1, 0.15) is 0 Å². The van der Waals surface area contributed by atoms with Crippen molar-refractivity contribution in [2.24, 2.45) is 5.92 Å². The first-order chi connectivity index (χ1) is 8.58. The Morgan fingerprint density at radius 2 is 2.11 bits per heavy atom. The van der Waals surface area contributed by atoms with Gasteiger partial charge < -0.3 is 5.32 Å². The molecule has 0 amide bonds. The normalized spacial score (nSPS) is 12.2. The van der Waals surface area contributed by atoms with Crippen molar-refractivity contribution in [1.82, 2.24) is 0 Å². The molecule has 0 spiro atoms. The number of hydrogen-bond donors (Lipinski definition) is 1. The van der Waals surface area contributed by atoms with Crippen molar-refractivity contribution >= 4 is 11.4 Å². The lowest BCUT2D eigenvalue weighted by Crippen LogP contribution is -2.11. The molecular weight excluding hydrogens is 228 g/mol. The van der Waals surface area contributed by atoms with Crippen LogP contribution in [0.4, 0.5) is 11.4 Å². The van der Waals surface area contributed by atoms with Crippen LogP contribution in [0.15, 0.2) is 18.2 Å². The van der Waals surface area contributed by atoms with Gasteiger partial charge in [0.05, 0.1) is 4.92 Å². The molecule has 0 fully saturated rings. The van der Waals surface area contributed by atoms with Crippen LogP contribution in [-0.4, -0.2) is 11.5 Å². The maximum atomic E-state index is 11.0. The second kappa shape index (κ2) is 6.99. The summed E-state index contributed by atoms with van der Waals surface area (Å²) in [7, 11) is 0. The lowest BCUT2D eigenvalue weighted by Gasteiger charge is -2.13. The first-order valence-electron chi connectivity index (χ1n) is 6.59. The number of nitro benzene ring substituents is 1. The highest BCUT2D eigenvalue weighted by atomic mass is 16.6. The van der Waals surface area contributed by atoms with E-state index in [4.69, 9.17) is 0 Å². The summed E-state index contributed by atoms with van der Waals surface area (Å²) in [6.07, 6.45) is 3.02. The number of aryl methyl sites for hydroxylation is 1. The van der Waals surface area contributed by atoms with Gasteiger partial charge in [0, 0.05) is 23.9 Å². The SMILES string of the molecule is CCCC(C)CNc1ccc(CC)c([N+](=O)[O-])c1. The van der Waals surface area contributed by atoms with Gasteiger partial charge in [0.2, 0.25) is 0 Å². The summed E-state index contributed by atoms with van der Waals surface area (Å²) in [6.45, 7) is 7.14. The maximum Gasteiger partial charge on any atom is 0.274 e. The first kappa shape index (κ1) is 14.5. The van der Waals surface area contributed by atoms with E-state index in [1.54, 1.807) is 6.07 Å². The average Bonchev–Trinajstić information content (AvgIpc) is 2.36. The van der Waals surface area contributed by atoms with E-state index >= 15 is 0 Å². The Labute approximate surface area is 109 Å². The molecule has 1 atom stereocenters. The molecule has 1 rings (SSSR count). The molecule has 0 saturated heterocycles. The highest BCUT2D eigenvalue weighted by Gasteiger charge is 2.13. The average molecular weight is 250 g/mol. The highest BCUT2D eigenvalue weighted by Crippen LogP contribution is 2.24. The van der Waals surface area contributed by atoms with E-state index in [-0.39, 0.29) is 10.6 Å². The zero-order valence-corrected chi connectivity index (χ0v) is 11.4. The zero-order chi connectivity index (χ0) is 13.5. The second-order valence-electron chi connectivity index (χ2n) is 4.73. The fraction of sp³-hybridized carbons (Fsp3) is 0.571. The van der Waals surface area contributed by atoms with E-state index in [2.05, 4.69) is 19.2 Å². The summed E-state index contributed by atoms with van der Waals surface area (Å²) in [6, 6.07) is 5.40. The van der Waals surface area contributed by atoms with Crippen molar-refractivity contribution in [3.8, 4) is 0 Å². The number of nitrogens with one attached hydrogen (secondary N) is 1. The minimum Gasteiger partial charge on any atom is -0.385 e. The molecule has 0 aliphatic rings. The van der Waals surface area contributed by atoms with Crippen molar-refractivity contribution in [2.45, 2.75) is 40.0 Å². The number of rotatable bonds is 7. The van der Waals surface area contributed by atoms with Crippen LogP contribution in [0.2, 0.25) is 0 Å². The van der Waals surface area contributed by atoms with Gasteiger partial charge in [-0.15, -0.1) is 0 Å². The molecule has 0 radical (unpaired) electrons. The van der Waals surface area contributed by atoms with Gasteiger partial charge in [0.15, 0.2) is 0 Å². The third-order valence-corrected chi connectivity index (χ3v) is 3.10. The number of nitrogens with zero attached hydrogens (tertiary/aromatic N) is 1. The van der Waals surface area contributed by atoms with Gasteiger partial charge >= 0.3 is 0 Å². The van der Waals surface area contributed by atoms with E-state index in [1.165, 1.54) is 6.42 Å². The van der Waals surface area contributed by atoms with Crippen LogP contribution in [0.1, 0.15) is 39.2 Å². The van der Waals surface area contributed by atoms with Gasteiger partial charge in [-0.1, -0.05) is 33.3 Å². The Balaban J connectivity index is 2.73. The van der Waals surface area contributed by atoms with Crippen molar-refractivity contribution < 1.29 is 4.92 Å². The van der Waals surface area contributed by atoms with E-state index in [9.17, 15) is 10.1 Å². The first-order valence-corrected chi connectivity index (χ1v) is 6.59. The van der Waals surface area contributed by atoms with E-state index in [1.807, 2.05) is 19.1 Å². The summed E-state index contributed by atoms with van der Waals surface area (Å²) in [4.78, 5) is 10.6. The van der Waals surface area contributed by atoms with Crippen LogP contribution in [0.25, 0.3) is 0 Å². The lowest BCUT2D eigenvalue weighted by atomic mass is 10.1. The fourth-order valence-electron chi connectivity index (χ4n) is 2.03. The molecule has 1 aromatic carbocycles. The standard InChI is InChI=1S/C14H22N2O2/c1-4-6-11(3)10-15-13-8-7-12(5-2)14(9-13)16(17)18/h7-9,11,15H,4-6,10H2,1-3H3. The van der Waals surface area contributed by atoms with Gasteiger partial charge in [-0.05, 0) is 24.8 Å². The molecule has 1 aromatic rings. The van der Waals surface area contributed by atoms with E-state index in [0.29, 0.717) is 12.3 Å². The van der Waals surface area contributed by atoms with Crippen LogP contribution in [0, 0.1) is 16.0 Å². The molecule has 0 aliphatic heterocycles. The summed E-state index contributed by atoms with van der Waals surface area (Å²) in [5.74, 6) is 0.583. The minimum absolute atomic E-state index is 0.214. The van der Waals surface area contributed by atoms with Gasteiger partial charge in [-0.25, -0.2) is 0 Å². The predicted molar refractivity (Wildman–Crippen MR) is 75.0 cm³/mol. The predicted octanol–water partition coefficient (Wildman–Crippen LogP) is 4.01. The maximum absolute atomic E-state index is 11.0. The van der Waals surface area contributed by atoms with Crippen LogP contribution in [0.5, 0.6) is 0 Å². The Kier molecular flexibility index (Phi) is 5.62. The minimum atomic E-state index is -0.306. The van der Waals surface area contributed by atoms with Crippen LogP contribution >= 0.6 is 0 Å². The molecule has 0 saturated carbocycles. The fourth-order valence-corrected chi connectivity index (χ4v) is 2.03. The number of hydrogen-bond acceptors (Lipinski definition) is 3. The van der Waals surface area contributed by atoms with Crippen LogP contribution in [-0.2, 0) is 6.42 Å². The quantitative estimate of drug-likeness (QED) is 0.587. The van der Waals surface area contributed by atoms with Gasteiger partial charge in [-0.3, -0.25) is 10.1 Å². The molecule has 100 valence electrons. The van der Waals surface area contributed by atoms with Crippen LogP contribution < -0.4 is 5.32 Å². The van der Waals surface area contributed by atoms with Crippen LogP contribution in [0.3, 0.4) is 0 Å². The second-order valence-corrected chi connectivity index (χ2v) is 4.73. The summed E-state index contributed by atoms with van der Waals surface area (Å²) in [5, 5.41) is 14.2. The molecule has 0 aliphatic carbocycles. The molecule has 0 bridgehead atoms. The smallest absolute Gasteiger partial charge is 0.274 e. The molecule has 0 heterocycles. The summed E-state index contributed by atoms with van der Waals surface area (Å²) < 4.78 is 0. The van der Waals surface area contributed by atoms with E-state index in [0.717, 1.165) is 24.2 Å². The number of benzene rings is 1. The monoisotopic (exact) mass is 250 g/mol. The van der Waals surface area contributed by atoms with Crippen molar-refractivity contribution in [1.29, 1.82) is 0 Å². The number of anilines is 1. The molecular formula is C14H22N2O2. The molecule has 4 nitrogen and oxygen atoms in total. The van der Waals surface area contributed by atoms with Crippen molar-refractivity contribution in [3.05, 3.63) is 33.9 Å². The van der Waals surface area contributed by atoms with E-state index < -0.39 is 0 Å². The third kappa shape index (κ3) is 4.02. The lowest BCUT2D eigenvalue weighted by molar-refractivity contribution is -0.385. The topological polar surface area (TPSA) is 55.2 Å². The Hall–Kier alpha value is -1.58. The summed E-state index contributed by atoms with van der Waals surface area (Å²) in [5.41, 5.74) is 1.83. The third-order valence-electron chi connectivity index (χ3n) is 3.10. The molecule has 0 aromatic heterocycles. The van der Waals surface area contributed by atoms with Crippen molar-refractivity contribution in [2.75, 3.05) is 11.9 Å². The molecule has 1 unspecified atom stereocenters. The molecule has 18 heavy (non-hydrogen) atoms. The summed E-state index contributed by atoms with van der Waals surface area (Å²) >= 11 is 0. The Morgan fingerprint density at radius 1 is 1.39 bits per heavy atom. The molecule has 4 heteroatoms. The molecule has 1 N–H and O–H groups in total. The van der Waals surface area contributed by atoms with Gasteiger partial charge in [0.25, 0.3) is 5.69 Å². The Bertz CT molecular complexity index is 405. The number of nitro groups is 1. The largest absolute Gasteiger partial charge is 0.385 e. The highest BCUT2D eigenvalue weighted by molar-refractivity contribution is 5.55. The van der Waals surface area contributed by atoms with Crippen molar-refractivity contribution in [3.63, 3.8) is 0 Å².